The highest BCUT2D eigenvalue weighted by atomic mass is 19.1. The van der Waals surface area contributed by atoms with Gasteiger partial charge in [-0.1, -0.05) is 12.1 Å². The standard InChI is InChI=1S/C19H25FN2O2/c1-2-24-12-17(23)22-11-16(13-3-5-15(20)6-4-13)19-18(22)14-7-9-21(19)10-8-14/h3-6,14,16,18-19H,2,7-12H2,1H3/t16-,18+,19+/m0/s1. The number of nitrogens with zero attached hydrogens (tertiary/aromatic N) is 2. The maximum atomic E-state index is 13.3. The zero-order chi connectivity index (χ0) is 16.7. The van der Waals surface area contributed by atoms with Crippen molar-refractivity contribution >= 4 is 5.91 Å². The van der Waals surface area contributed by atoms with E-state index < -0.39 is 0 Å². The van der Waals surface area contributed by atoms with Crippen LogP contribution in [0.15, 0.2) is 24.3 Å². The average Bonchev–Trinajstić information content (AvgIpc) is 3.04. The van der Waals surface area contributed by atoms with Crippen molar-refractivity contribution < 1.29 is 13.9 Å². The highest BCUT2D eigenvalue weighted by Gasteiger charge is 2.54. The van der Waals surface area contributed by atoms with Gasteiger partial charge in [-0.05, 0) is 56.5 Å². The Morgan fingerprint density at radius 3 is 2.58 bits per heavy atom. The van der Waals surface area contributed by atoms with E-state index in [-0.39, 0.29) is 30.3 Å². The summed E-state index contributed by atoms with van der Waals surface area (Å²) in [5.41, 5.74) is 1.14. The SMILES string of the molecule is CCOCC(=O)N1C[C@@H](c2ccc(F)cc2)[C@@H]2[C@H]1C1CCN2CC1. The first-order chi connectivity index (χ1) is 11.7. The number of fused-ring (bicyclic) bond motifs is 2. The molecular weight excluding hydrogens is 307 g/mol. The fourth-order valence-corrected chi connectivity index (χ4v) is 4.98. The van der Waals surface area contributed by atoms with Gasteiger partial charge >= 0.3 is 0 Å². The number of halogens is 1. The minimum atomic E-state index is -0.206. The second-order valence-corrected chi connectivity index (χ2v) is 7.20. The summed E-state index contributed by atoms with van der Waals surface area (Å²) < 4.78 is 18.7. The summed E-state index contributed by atoms with van der Waals surface area (Å²) in [5, 5.41) is 0. The van der Waals surface area contributed by atoms with Crippen LogP contribution in [-0.2, 0) is 9.53 Å². The first-order valence-corrected chi connectivity index (χ1v) is 9.05. The lowest BCUT2D eigenvalue weighted by atomic mass is 9.75. The zero-order valence-electron chi connectivity index (χ0n) is 14.2. The van der Waals surface area contributed by atoms with E-state index in [4.69, 9.17) is 4.74 Å². The van der Waals surface area contributed by atoms with Crippen molar-refractivity contribution in [2.24, 2.45) is 5.92 Å². The van der Waals surface area contributed by atoms with E-state index in [2.05, 4.69) is 9.80 Å². The van der Waals surface area contributed by atoms with Gasteiger partial charge in [0, 0.05) is 25.1 Å². The normalized spacial score (nSPS) is 34.4. The third kappa shape index (κ3) is 2.64. The van der Waals surface area contributed by atoms with Gasteiger partial charge in [-0.25, -0.2) is 4.39 Å². The van der Waals surface area contributed by atoms with Crippen LogP contribution in [0.25, 0.3) is 0 Å². The number of benzene rings is 1. The molecule has 0 aromatic heterocycles. The summed E-state index contributed by atoms with van der Waals surface area (Å²) in [6, 6.07) is 7.49. The largest absolute Gasteiger partial charge is 0.372 e. The van der Waals surface area contributed by atoms with Crippen molar-refractivity contribution in [3.8, 4) is 0 Å². The molecule has 1 aromatic rings. The van der Waals surface area contributed by atoms with Crippen LogP contribution < -0.4 is 0 Å². The molecule has 4 fully saturated rings. The molecule has 0 saturated carbocycles. The Kier molecular flexibility index (Phi) is 4.31. The Morgan fingerprint density at radius 2 is 1.92 bits per heavy atom. The van der Waals surface area contributed by atoms with Crippen molar-refractivity contribution in [3.63, 3.8) is 0 Å². The van der Waals surface area contributed by atoms with Gasteiger partial charge in [0.05, 0.1) is 6.04 Å². The van der Waals surface area contributed by atoms with Gasteiger partial charge in [0.1, 0.15) is 12.4 Å². The molecule has 0 unspecified atom stereocenters. The highest BCUT2D eigenvalue weighted by Crippen LogP contribution is 2.46. The Hall–Kier alpha value is -1.46. The van der Waals surface area contributed by atoms with Crippen molar-refractivity contribution in [1.82, 2.24) is 9.80 Å². The van der Waals surface area contributed by atoms with Crippen molar-refractivity contribution in [2.45, 2.75) is 37.8 Å². The van der Waals surface area contributed by atoms with E-state index in [1.807, 2.05) is 19.1 Å². The number of carbonyl (C=O) groups excluding carboxylic acids is 1. The van der Waals surface area contributed by atoms with E-state index in [1.54, 1.807) is 0 Å². The second-order valence-electron chi connectivity index (χ2n) is 7.20. The van der Waals surface area contributed by atoms with Crippen LogP contribution in [0.3, 0.4) is 0 Å². The molecule has 5 rings (SSSR count). The number of amides is 1. The highest BCUT2D eigenvalue weighted by molar-refractivity contribution is 5.78. The van der Waals surface area contributed by atoms with Gasteiger partial charge in [0.2, 0.25) is 5.91 Å². The lowest BCUT2D eigenvalue weighted by Crippen LogP contribution is -2.61. The smallest absolute Gasteiger partial charge is 0.248 e. The Bertz CT molecular complexity index is 598. The molecule has 4 aliphatic heterocycles. The Morgan fingerprint density at radius 1 is 1.21 bits per heavy atom. The maximum absolute atomic E-state index is 13.3. The molecule has 5 heteroatoms. The third-order valence-corrected chi connectivity index (χ3v) is 6.04. The number of hydrogen-bond donors (Lipinski definition) is 0. The quantitative estimate of drug-likeness (QED) is 0.848. The van der Waals surface area contributed by atoms with Crippen LogP contribution in [0, 0.1) is 11.7 Å². The molecule has 0 N–H and O–H groups in total. The molecule has 4 heterocycles. The number of likely N-dealkylation sites (tertiary alicyclic amines) is 1. The van der Waals surface area contributed by atoms with Gasteiger partial charge in [0.15, 0.2) is 0 Å². The average molecular weight is 332 g/mol. The van der Waals surface area contributed by atoms with E-state index >= 15 is 0 Å². The van der Waals surface area contributed by atoms with Crippen LogP contribution in [0.5, 0.6) is 0 Å². The van der Waals surface area contributed by atoms with Gasteiger partial charge in [-0.2, -0.15) is 0 Å². The summed E-state index contributed by atoms with van der Waals surface area (Å²) in [4.78, 5) is 17.3. The second kappa shape index (κ2) is 6.45. The Balaban J connectivity index is 1.63. The molecular formula is C19H25FN2O2. The van der Waals surface area contributed by atoms with Crippen LogP contribution in [0.4, 0.5) is 4.39 Å². The summed E-state index contributed by atoms with van der Waals surface area (Å²) in [7, 11) is 0. The summed E-state index contributed by atoms with van der Waals surface area (Å²) in [6.07, 6.45) is 2.35. The van der Waals surface area contributed by atoms with Crippen LogP contribution in [0.2, 0.25) is 0 Å². The van der Waals surface area contributed by atoms with Crippen molar-refractivity contribution in [1.29, 1.82) is 0 Å². The van der Waals surface area contributed by atoms with Crippen LogP contribution in [0.1, 0.15) is 31.2 Å². The van der Waals surface area contributed by atoms with E-state index in [9.17, 15) is 9.18 Å². The van der Waals surface area contributed by atoms with Gasteiger partial charge in [0.25, 0.3) is 0 Å². The first kappa shape index (κ1) is 16.0. The van der Waals surface area contributed by atoms with Crippen LogP contribution >= 0.6 is 0 Å². The van der Waals surface area contributed by atoms with Gasteiger partial charge in [-0.15, -0.1) is 0 Å². The lowest BCUT2D eigenvalue weighted by molar-refractivity contribution is -0.140. The summed E-state index contributed by atoms with van der Waals surface area (Å²) in [5.74, 6) is 0.758. The summed E-state index contributed by atoms with van der Waals surface area (Å²) >= 11 is 0. The third-order valence-electron chi connectivity index (χ3n) is 6.04. The zero-order valence-corrected chi connectivity index (χ0v) is 14.2. The molecule has 0 spiro atoms. The number of piperidine rings is 3. The molecule has 4 saturated heterocycles. The molecule has 24 heavy (non-hydrogen) atoms. The fourth-order valence-electron chi connectivity index (χ4n) is 4.98. The molecule has 3 atom stereocenters. The molecule has 0 radical (unpaired) electrons. The molecule has 2 bridgehead atoms. The van der Waals surface area contributed by atoms with Crippen molar-refractivity contribution in [2.75, 3.05) is 32.8 Å². The molecule has 4 nitrogen and oxygen atoms in total. The van der Waals surface area contributed by atoms with Crippen LogP contribution in [-0.4, -0.2) is 60.6 Å². The summed E-state index contributed by atoms with van der Waals surface area (Å²) in [6.45, 7) is 5.61. The van der Waals surface area contributed by atoms with E-state index in [1.165, 1.54) is 25.0 Å². The van der Waals surface area contributed by atoms with E-state index in [0.29, 0.717) is 18.6 Å². The number of ether oxygens (including phenoxy) is 1. The van der Waals surface area contributed by atoms with Gasteiger partial charge < -0.3 is 9.64 Å². The van der Waals surface area contributed by atoms with Gasteiger partial charge in [-0.3, -0.25) is 9.69 Å². The topological polar surface area (TPSA) is 32.8 Å². The number of rotatable bonds is 4. The number of carbonyl (C=O) groups is 1. The molecule has 1 aromatic carbocycles. The monoisotopic (exact) mass is 332 g/mol. The Labute approximate surface area is 142 Å². The predicted octanol–water partition coefficient (Wildman–Crippen LogP) is 2.25. The number of hydrogen-bond acceptors (Lipinski definition) is 3. The molecule has 4 aliphatic rings. The molecule has 0 aliphatic carbocycles. The predicted molar refractivity (Wildman–Crippen MR) is 89.2 cm³/mol. The molecule has 1 amide bonds. The fraction of sp³-hybridized carbons (Fsp3) is 0.632. The first-order valence-electron chi connectivity index (χ1n) is 9.05. The van der Waals surface area contributed by atoms with Crippen molar-refractivity contribution in [3.05, 3.63) is 35.6 Å². The van der Waals surface area contributed by atoms with E-state index in [0.717, 1.165) is 25.2 Å². The maximum Gasteiger partial charge on any atom is 0.248 e. The minimum absolute atomic E-state index is 0.102. The minimum Gasteiger partial charge on any atom is -0.372 e. The molecule has 130 valence electrons. The lowest BCUT2D eigenvalue weighted by Gasteiger charge is -2.51.